The van der Waals surface area contributed by atoms with Gasteiger partial charge in [-0.15, -0.1) is 0 Å². The van der Waals surface area contributed by atoms with Crippen molar-refractivity contribution < 1.29 is 9.53 Å². The van der Waals surface area contributed by atoms with Crippen LogP contribution in [-0.4, -0.2) is 18.1 Å². The molecule has 2 rings (SSSR count). The molecular formula is C10H17NO2. The molecule has 1 saturated heterocycles. The Hall–Kier alpha value is -0.570. The monoisotopic (exact) mass is 183 g/mol. The second-order valence-electron chi connectivity index (χ2n) is 5.23. The Kier molecular flexibility index (Phi) is 1.44. The topological polar surface area (TPSA) is 52.3 Å². The molecule has 0 amide bonds. The maximum atomic E-state index is 11.6. The van der Waals surface area contributed by atoms with Gasteiger partial charge in [0, 0.05) is 10.8 Å². The summed E-state index contributed by atoms with van der Waals surface area (Å²) in [6.07, 6.45) is 1.75. The fraction of sp³-hybridized carbons (Fsp3) is 0.900. The van der Waals surface area contributed by atoms with Gasteiger partial charge in [-0.25, -0.2) is 0 Å². The Bertz CT molecular complexity index is 274. The summed E-state index contributed by atoms with van der Waals surface area (Å²) in [5.74, 6) is -0.215. The number of fused-ring (bicyclic) bond motifs is 2. The van der Waals surface area contributed by atoms with Crippen LogP contribution >= 0.6 is 0 Å². The molecule has 1 saturated carbocycles. The Morgan fingerprint density at radius 1 is 1.31 bits per heavy atom. The average molecular weight is 183 g/mol. The zero-order valence-corrected chi connectivity index (χ0v) is 8.52. The number of rotatable bonds is 0. The van der Waals surface area contributed by atoms with Gasteiger partial charge in [0.1, 0.15) is 5.54 Å². The fourth-order valence-corrected chi connectivity index (χ4v) is 2.60. The Balaban J connectivity index is 2.52. The summed E-state index contributed by atoms with van der Waals surface area (Å²) in [4.78, 5) is 11.6. The number of cyclic esters (lactones) is 1. The third-order valence-electron chi connectivity index (χ3n) is 4.58. The number of ether oxygens (including phenoxy) is 1. The van der Waals surface area contributed by atoms with Crippen molar-refractivity contribution >= 4 is 5.97 Å². The second-order valence-corrected chi connectivity index (χ2v) is 5.23. The third kappa shape index (κ3) is 0.766. The van der Waals surface area contributed by atoms with Crippen LogP contribution in [-0.2, 0) is 9.53 Å². The lowest BCUT2D eigenvalue weighted by Gasteiger charge is -2.49. The summed E-state index contributed by atoms with van der Waals surface area (Å²) in [6.45, 7) is 6.85. The van der Waals surface area contributed by atoms with E-state index in [2.05, 4.69) is 20.8 Å². The largest absolute Gasteiger partial charge is 0.464 e. The molecule has 3 heteroatoms. The number of hydrogen-bond acceptors (Lipinski definition) is 3. The van der Waals surface area contributed by atoms with Gasteiger partial charge in [-0.2, -0.15) is 0 Å². The van der Waals surface area contributed by atoms with Crippen molar-refractivity contribution in [3.8, 4) is 0 Å². The molecule has 2 fully saturated rings. The first-order chi connectivity index (χ1) is 5.83. The average Bonchev–Trinajstić information content (AvgIpc) is 2.20. The molecule has 0 aromatic heterocycles. The van der Waals surface area contributed by atoms with Crippen LogP contribution in [0.4, 0.5) is 0 Å². The molecule has 0 aromatic carbocycles. The summed E-state index contributed by atoms with van der Waals surface area (Å²) >= 11 is 0. The number of hydrogen-bond donors (Lipinski definition) is 1. The number of esters is 1. The first kappa shape index (κ1) is 9.00. The number of nitrogens with two attached hydrogens (primary N) is 1. The molecule has 0 unspecified atom stereocenters. The molecule has 1 aliphatic carbocycles. The molecule has 13 heavy (non-hydrogen) atoms. The first-order valence-corrected chi connectivity index (χ1v) is 4.80. The maximum Gasteiger partial charge on any atom is 0.326 e. The summed E-state index contributed by atoms with van der Waals surface area (Å²) < 4.78 is 5.14. The lowest BCUT2D eigenvalue weighted by molar-refractivity contribution is -0.173. The molecule has 0 radical (unpaired) electrons. The number of carbonyl (C=O) groups is 1. The maximum absolute atomic E-state index is 11.6. The van der Waals surface area contributed by atoms with Gasteiger partial charge in [0.2, 0.25) is 0 Å². The molecule has 2 N–H and O–H groups in total. The molecule has 3 nitrogen and oxygen atoms in total. The van der Waals surface area contributed by atoms with Crippen molar-refractivity contribution in [1.82, 2.24) is 0 Å². The van der Waals surface area contributed by atoms with Crippen molar-refractivity contribution in [3.63, 3.8) is 0 Å². The predicted octanol–water partition coefficient (Wildman–Crippen LogP) is 1.07. The summed E-state index contributed by atoms with van der Waals surface area (Å²) in [5, 5.41) is 0. The lowest BCUT2D eigenvalue weighted by Crippen LogP contribution is -2.63. The smallest absolute Gasteiger partial charge is 0.326 e. The van der Waals surface area contributed by atoms with Crippen LogP contribution in [0.25, 0.3) is 0 Å². The Morgan fingerprint density at radius 2 is 1.92 bits per heavy atom. The van der Waals surface area contributed by atoms with Crippen molar-refractivity contribution in [2.45, 2.75) is 39.2 Å². The molecule has 0 spiro atoms. The second kappa shape index (κ2) is 2.08. The van der Waals surface area contributed by atoms with Crippen LogP contribution in [0.5, 0.6) is 0 Å². The highest BCUT2D eigenvalue weighted by Crippen LogP contribution is 2.59. The van der Waals surface area contributed by atoms with Gasteiger partial charge < -0.3 is 10.5 Å². The minimum Gasteiger partial charge on any atom is -0.464 e. The molecular weight excluding hydrogens is 166 g/mol. The van der Waals surface area contributed by atoms with Gasteiger partial charge in [-0.3, -0.25) is 4.79 Å². The van der Waals surface area contributed by atoms with E-state index in [4.69, 9.17) is 10.5 Å². The minimum absolute atomic E-state index is 0.0651. The van der Waals surface area contributed by atoms with Gasteiger partial charge in [0.25, 0.3) is 0 Å². The highest BCUT2D eigenvalue weighted by Gasteiger charge is 2.66. The van der Waals surface area contributed by atoms with Crippen molar-refractivity contribution in [2.24, 2.45) is 16.6 Å². The minimum atomic E-state index is -0.750. The van der Waals surface area contributed by atoms with Crippen LogP contribution < -0.4 is 5.73 Å². The molecule has 2 aliphatic rings. The Labute approximate surface area is 78.6 Å². The highest BCUT2D eigenvalue weighted by molar-refractivity contribution is 5.83. The first-order valence-electron chi connectivity index (χ1n) is 4.80. The zero-order valence-electron chi connectivity index (χ0n) is 8.52. The van der Waals surface area contributed by atoms with Crippen LogP contribution in [0.15, 0.2) is 0 Å². The summed E-state index contributed by atoms with van der Waals surface area (Å²) in [7, 11) is 0. The van der Waals surface area contributed by atoms with Crippen LogP contribution in [0.2, 0.25) is 0 Å². The molecule has 0 aromatic rings. The van der Waals surface area contributed by atoms with Gasteiger partial charge in [-0.05, 0) is 12.8 Å². The van der Waals surface area contributed by atoms with E-state index in [-0.39, 0.29) is 16.8 Å². The molecule has 1 aliphatic heterocycles. The van der Waals surface area contributed by atoms with E-state index in [0.29, 0.717) is 6.61 Å². The van der Waals surface area contributed by atoms with E-state index >= 15 is 0 Å². The molecule has 1 heterocycles. The van der Waals surface area contributed by atoms with E-state index in [0.717, 1.165) is 12.8 Å². The SMILES string of the molecule is CC1(C)[C@@]2(C)CC[C@@]1(N)C(=O)OC2. The molecule has 2 atom stereocenters. The van der Waals surface area contributed by atoms with Gasteiger partial charge in [0.15, 0.2) is 0 Å². The number of carbonyl (C=O) groups excluding carboxylic acids is 1. The summed E-state index contributed by atoms with van der Waals surface area (Å²) in [5.41, 5.74) is 5.30. The van der Waals surface area contributed by atoms with E-state index in [9.17, 15) is 4.79 Å². The standard InChI is InChI=1S/C10H17NO2/c1-8(2)9(3)4-5-10(8,11)7(12)13-6-9/h4-6,11H2,1-3H3/t9-,10+/m0/s1. The predicted molar refractivity (Wildman–Crippen MR) is 49.0 cm³/mol. The van der Waals surface area contributed by atoms with Crippen LogP contribution in [0.3, 0.4) is 0 Å². The van der Waals surface area contributed by atoms with E-state index in [1.807, 2.05) is 0 Å². The zero-order chi connectivity index (χ0) is 9.91. The van der Waals surface area contributed by atoms with Crippen molar-refractivity contribution in [3.05, 3.63) is 0 Å². The quantitative estimate of drug-likeness (QED) is 0.571. The van der Waals surface area contributed by atoms with Crippen molar-refractivity contribution in [1.29, 1.82) is 0 Å². The highest BCUT2D eigenvalue weighted by atomic mass is 16.5. The fourth-order valence-electron chi connectivity index (χ4n) is 2.60. The van der Waals surface area contributed by atoms with E-state index < -0.39 is 5.54 Å². The van der Waals surface area contributed by atoms with E-state index in [1.54, 1.807) is 0 Å². The van der Waals surface area contributed by atoms with Gasteiger partial charge in [0.05, 0.1) is 6.61 Å². The van der Waals surface area contributed by atoms with E-state index in [1.165, 1.54) is 0 Å². The van der Waals surface area contributed by atoms with Crippen LogP contribution in [0, 0.1) is 10.8 Å². The third-order valence-corrected chi connectivity index (χ3v) is 4.58. The van der Waals surface area contributed by atoms with Crippen LogP contribution in [0.1, 0.15) is 33.6 Å². The summed E-state index contributed by atoms with van der Waals surface area (Å²) in [6, 6.07) is 0. The lowest BCUT2D eigenvalue weighted by atomic mass is 9.62. The van der Waals surface area contributed by atoms with Crippen molar-refractivity contribution in [2.75, 3.05) is 6.61 Å². The molecule has 74 valence electrons. The molecule has 2 bridgehead atoms. The van der Waals surface area contributed by atoms with Gasteiger partial charge in [-0.1, -0.05) is 20.8 Å². The normalized spacial score (nSPS) is 47.5. The van der Waals surface area contributed by atoms with Gasteiger partial charge >= 0.3 is 5.97 Å². The Morgan fingerprint density at radius 3 is 2.46 bits per heavy atom.